The molecule has 4 atom stereocenters. The van der Waals surface area contributed by atoms with Crippen LogP contribution in [-0.2, 0) is 11.2 Å². The van der Waals surface area contributed by atoms with E-state index in [1.54, 1.807) is 0 Å². The monoisotopic (exact) mass is 368 g/mol. The van der Waals surface area contributed by atoms with Gasteiger partial charge in [-0.1, -0.05) is 38.1 Å². The number of hydrogen-bond acceptors (Lipinski definition) is 2. The van der Waals surface area contributed by atoms with Gasteiger partial charge in [0.15, 0.2) is 0 Å². The third kappa shape index (κ3) is 3.94. The molecule has 1 saturated carbocycles. The molecule has 2 saturated heterocycles. The zero-order valence-electron chi connectivity index (χ0n) is 17.4. The van der Waals surface area contributed by atoms with E-state index in [-0.39, 0.29) is 5.92 Å². The Kier molecular flexibility index (Phi) is 5.59. The SMILES string of the molecule is CC(C)C(=O)N1CC2CCC(c3ccc(CCN4CCCC4C)cc3)C2C1. The summed E-state index contributed by atoms with van der Waals surface area (Å²) < 4.78 is 0. The van der Waals surface area contributed by atoms with E-state index in [4.69, 9.17) is 0 Å². The van der Waals surface area contributed by atoms with E-state index in [9.17, 15) is 4.79 Å². The molecule has 148 valence electrons. The molecule has 2 aliphatic heterocycles. The fourth-order valence-corrected chi connectivity index (χ4v) is 5.75. The molecular formula is C24H36N2O. The lowest BCUT2D eigenvalue weighted by Gasteiger charge is -2.23. The molecule has 3 heteroatoms. The van der Waals surface area contributed by atoms with E-state index in [0.717, 1.165) is 25.6 Å². The van der Waals surface area contributed by atoms with E-state index < -0.39 is 0 Å². The Bertz CT molecular complexity index is 653. The van der Waals surface area contributed by atoms with Crippen LogP contribution in [0.3, 0.4) is 0 Å². The van der Waals surface area contributed by atoms with Crippen LogP contribution < -0.4 is 0 Å². The van der Waals surface area contributed by atoms with E-state index >= 15 is 0 Å². The van der Waals surface area contributed by atoms with Gasteiger partial charge in [-0.05, 0) is 74.5 Å². The highest BCUT2D eigenvalue weighted by Crippen LogP contribution is 2.47. The van der Waals surface area contributed by atoms with Gasteiger partial charge in [-0.2, -0.15) is 0 Å². The van der Waals surface area contributed by atoms with Gasteiger partial charge in [-0.25, -0.2) is 0 Å². The largest absolute Gasteiger partial charge is 0.342 e. The summed E-state index contributed by atoms with van der Waals surface area (Å²) in [6.45, 7) is 10.8. The summed E-state index contributed by atoms with van der Waals surface area (Å²) in [5.41, 5.74) is 2.97. The molecule has 1 aromatic rings. The Morgan fingerprint density at radius 1 is 1.11 bits per heavy atom. The minimum absolute atomic E-state index is 0.125. The molecule has 27 heavy (non-hydrogen) atoms. The minimum Gasteiger partial charge on any atom is -0.342 e. The summed E-state index contributed by atoms with van der Waals surface area (Å²) in [5.74, 6) is 2.50. The Morgan fingerprint density at radius 3 is 2.56 bits per heavy atom. The number of likely N-dealkylation sites (tertiary alicyclic amines) is 2. The van der Waals surface area contributed by atoms with E-state index in [0.29, 0.717) is 23.7 Å². The van der Waals surface area contributed by atoms with Crippen molar-refractivity contribution in [2.24, 2.45) is 17.8 Å². The van der Waals surface area contributed by atoms with Crippen molar-refractivity contribution in [3.8, 4) is 0 Å². The molecule has 3 aliphatic rings. The molecule has 0 radical (unpaired) electrons. The number of nitrogens with zero attached hydrogens (tertiary/aromatic N) is 2. The fraction of sp³-hybridized carbons (Fsp3) is 0.708. The van der Waals surface area contributed by atoms with Gasteiger partial charge < -0.3 is 9.80 Å². The maximum Gasteiger partial charge on any atom is 0.225 e. The summed E-state index contributed by atoms with van der Waals surface area (Å²) in [6.07, 6.45) is 6.47. The van der Waals surface area contributed by atoms with Crippen LogP contribution in [0.25, 0.3) is 0 Å². The third-order valence-electron chi connectivity index (χ3n) is 7.45. The van der Waals surface area contributed by atoms with Crippen molar-refractivity contribution in [1.82, 2.24) is 9.80 Å². The van der Waals surface area contributed by atoms with Crippen molar-refractivity contribution in [2.45, 2.75) is 64.8 Å². The van der Waals surface area contributed by atoms with E-state index in [1.165, 1.54) is 49.9 Å². The first-order valence-electron chi connectivity index (χ1n) is 11.1. The predicted octanol–water partition coefficient (Wildman–Crippen LogP) is 4.32. The molecule has 0 N–H and O–H groups in total. The molecule has 0 bridgehead atoms. The molecule has 1 amide bonds. The first-order chi connectivity index (χ1) is 13.0. The van der Waals surface area contributed by atoms with Gasteiger partial charge in [0.25, 0.3) is 0 Å². The van der Waals surface area contributed by atoms with E-state index in [2.05, 4.69) is 41.0 Å². The highest BCUT2D eigenvalue weighted by Gasteiger charge is 2.44. The zero-order chi connectivity index (χ0) is 19.0. The maximum absolute atomic E-state index is 12.4. The van der Waals surface area contributed by atoms with E-state index in [1.807, 2.05) is 13.8 Å². The third-order valence-corrected chi connectivity index (χ3v) is 7.45. The number of fused-ring (bicyclic) bond motifs is 1. The second-order valence-electron chi connectivity index (χ2n) is 9.52. The molecule has 1 aliphatic carbocycles. The van der Waals surface area contributed by atoms with Crippen molar-refractivity contribution in [3.05, 3.63) is 35.4 Å². The van der Waals surface area contributed by atoms with Crippen molar-refractivity contribution in [3.63, 3.8) is 0 Å². The topological polar surface area (TPSA) is 23.6 Å². The van der Waals surface area contributed by atoms with Gasteiger partial charge in [0.1, 0.15) is 0 Å². The van der Waals surface area contributed by atoms with Crippen LogP contribution in [0.15, 0.2) is 24.3 Å². The quantitative estimate of drug-likeness (QED) is 0.773. The molecule has 3 fully saturated rings. The number of benzene rings is 1. The fourth-order valence-electron chi connectivity index (χ4n) is 5.75. The van der Waals surface area contributed by atoms with Gasteiger partial charge in [0.05, 0.1) is 0 Å². The minimum atomic E-state index is 0.125. The molecule has 0 spiro atoms. The molecule has 0 aromatic heterocycles. The van der Waals surface area contributed by atoms with Gasteiger partial charge in [-0.3, -0.25) is 4.79 Å². The Balaban J connectivity index is 1.35. The first-order valence-corrected chi connectivity index (χ1v) is 11.1. The average Bonchev–Trinajstić information content (AvgIpc) is 3.35. The van der Waals surface area contributed by atoms with Crippen molar-refractivity contribution >= 4 is 5.91 Å². The van der Waals surface area contributed by atoms with Crippen molar-refractivity contribution < 1.29 is 4.79 Å². The summed E-state index contributed by atoms with van der Waals surface area (Å²) in [5, 5.41) is 0. The molecule has 3 nitrogen and oxygen atoms in total. The van der Waals surface area contributed by atoms with Crippen molar-refractivity contribution in [2.75, 3.05) is 26.2 Å². The molecule has 4 rings (SSSR count). The predicted molar refractivity (Wildman–Crippen MR) is 111 cm³/mol. The second kappa shape index (κ2) is 7.95. The highest BCUT2D eigenvalue weighted by molar-refractivity contribution is 5.78. The van der Waals surface area contributed by atoms with Crippen LogP contribution in [-0.4, -0.2) is 47.9 Å². The van der Waals surface area contributed by atoms with Gasteiger partial charge >= 0.3 is 0 Å². The van der Waals surface area contributed by atoms with Gasteiger partial charge in [0.2, 0.25) is 5.91 Å². The first kappa shape index (κ1) is 19.0. The van der Waals surface area contributed by atoms with Gasteiger partial charge in [-0.15, -0.1) is 0 Å². The lowest BCUT2D eigenvalue weighted by atomic mass is 9.86. The molecule has 1 aromatic carbocycles. The normalized spacial score (nSPS) is 31.0. The Hall–Kier alpha value is -1.35. The lowest BCUT2D eigenvalue weighted by Crippen LogP contribution is -2.33. The number of amides is 1. The Labute approximate surface area is 165 Å². The van der Waals surface area contributed by atoms with Crippen LogP contribution in [0.1, 0.15) is 63.5 Å². The van der Waals surface area contributed by atoms with Crippen molar-refractivity contribution in [1.29, 1.82) is 0 Å². The van der Waals surface area contributed by atoms with Crippen LogP contribution in [0.4, 0.5) is 0 Å². The standard InChI is InChI=1S/C24H36N2O/c1-17(2)24(27)26-15-21-10-11-22(23(21)16-26)20-8-6-19(7-9-20)12-14-25-13-4-5-18(25)3/h6-9,17-18,21-23H,4-5,10-16H2,1-3H3. The molecular weight excluding hydrogens is 332 g/mol. The van der Waals surface area contributed by atoms with Crippen LogP contribution >= 0.6 is 0 Å². The summed E-state index contributed by atoms with van der Waals surface area (Å²) in [6, 6.07) is 10.2. The van der Waals surface area contributed by atoms with Crippen LogP contribution in [0.5, 0.6) is 0 Å². The highest BCUT2D eigenvalue weighted by atomic mass is 16.2. The van der Waals surface area contributed by atoms with Gasteiger partial charge in [0, 0.05) is 31.6 Å². The number of carbonyl (C=O) groups excluding carboxylic acids is 1. The lowest BCUT2D eigenvalue weighted by molar-refractivity contribution is -0.133. The summed E-state index contributed by atoms with van der Waals surface area (Å²) in [4.78, 5) is 17.2. The van der Waals surface area contributed by atoms with Crippen LogP contribution in [0.2, 0.25) is 0 Å². The average molecular weight is 369 g/mol. The number of carbonyl (C=O) groups is 1. The maximum atomic E-state index is 12.4. The smallest absolute Gasteiger partial charge is 0.225 e. The number of hydrogen-bond donors (Lipinski definition) is 0. The Morgan fingerprint density at radius 2 is 1.89 bits per heavy atom. The number of rotatable bonds is 5. The summed E-state index contributed by atoms with van der Waals surface area (Å²) in [7, 11) is 0. The zero-order valence-corrected chi connectivity index (χ0v) is 17.4. The molecule has 2 heterocycles. The second-order valence-corrected chi connectivity index (χ2v) is 9.52. The summed E-state index contributed by atoms with van der Waals surface area (Å²) >= 11 is 0. The van der Waals surface area contributed by atoms with Crippen LogP contribution in [0, 0.1) is 17.8 Å². The molecule has 4 unspecified atom stereocenters.